The van der Waals surface area contributed by atoms with Gasteiger partial charge in [-0.25, -0.2) is 0 Å². The van der Waals surface area contributed by atoms with Gasteiger partial charge < -0.3 is 0 Å². The minimum absolute atomic E-state index is 0.556. The molecule has 1 saturated carbocycles. The first-order valence-corrected chi connectivity index (χ1v) is 6.29. The average Bonchev–Trinajstić information content (AvgIpc) is 2.57. The van der Waals surface area contributed by atoms with E-state index in [4.69, 9.17) is 0 Å². The first kappa shape index (κ1) is 12.1. The quantitative estimate of drug-likeness (QED) is 0.609. The van der Waals surface area contributed by atoms with Crippen LogP contribution >= 0.6 is 0 Å². The second-order valence-electron chi connectivity index (χ2n) is 6.37. The molecule has 3 unspecified atom stereocenters. The van der Waals surface area contributed by atoms with Crippen LogP contribution in [-0.4, -0.2) is 0 Å². The van der Waals surface area contributed by atoms with Gasteiger partial charge in [0.25, 0.3) is 0 Å². The Morgan fingerprint density at radius 2 is 1.64 bits per heavy atom. The SMILES string of the molecule is CCC(C)(CC(C)C)C1(C)C(C)C1C. The van der Waals surface area contributed by atoms with Gasteiger partial charge in [0.2, 0.25) is 0 Å². The third-order valence-electron chi connectivity index (χ3n) is 5.47. The molecule has 0 aromatic rings. The third-order valence-corrected chi connectivity index (χ3v) is 5.47. The Bertz CT molecular complexity index is 196. The average molecular weight is 196 g/mol. The van der Waals surface area contributed by atoms with Crippen molar-refractivity contribution in [3.8, 4) is 0 Å². The van der Waals surface area contributed by atoms with Crippen molar-refractivity contribution < 1.29 is 0 Å². The van der Waals surface area contributed by atoms with E-state index in [0.717, 1.165) is 17.8 Å². The normalized spacial score (nSPS) is 41.1. The molecule has 0 heteroatoms. The maximum absolute atomic E-state index is 2.51. The molecule has 14 heavy (non-hydrogen) atoms. The second kappa shape index (κ2) is 3.54. The highest BCUT2D eigenvalue weighted by molar-refractivity contribution is 5.11. The fourth-order valence-electron chi connectivity index (χ4n) is 3.73. The summed E-state index contributed by atoms with van der Waals surface area (Å²) in [5, 5.41) is 0. The van der Waals surface area contributed by atoms with Gasteiger partial charge >= 0.3 is 0 Å². The zero-order valence-electron chi connectivity index (χ0n) is 11.1. The molecule has 0 bridgehead atoms. The molecule has 0 amide bonds. The highest BCUT2D eigenvalue weighted by Crippen LogP contribution is 2.69. The summed E-state index contributed by atoms with van der Waals surface area (Å²) in [7, 11) is 0. The standard InChI is InChI=1S/C14H28/c1-8-13(6,9-10(2)3)14(7)11(4)12(14)5/h10-12H,8-9H2,1-7H3. The minimum Gasteiger partial charge on any atom is -0.0648 e. The Morgan fingerprint density at radius 1 is 1.21 bits per heavy atom. The molecule has 0 spiro atoms. The molecule has 0 N–H and O–H groups in total. The van der Waals surface area contributed by atoms with Gasteiger partial charge in [0, 0.05) is 0 Å². The van der Waals surface area contributed by atoms with Crippen molar-refractivity contribution in [1.29, 1.82) is 0 Å². The summed E-state index contributed by atoms with van der Waals surface area (Å²) in [6, 6.07) is 0. The molecule has 1 rings (SSSR count). The smallest absolute Gasteiger partial charge is 0.0215 e. The molecular weight excluding hydrogens is 168 g/mol. The van der Waals surface area contributed by atoms with E-state index in [9.17, 15) is 0 Å². The molecule has 0 aromatic heterocycles. The number of hydrogen-bond donors (Lipinski definition) is 0. The molecule has 0 nitrogen and oxygen atoms in total. The van der Waals surface area contributed by atoms with Crippen LogP contribution in [0.3, 0.4) is 0 Å². The van der Waals surface area contributed by atoms with Crippen molar-refractivity contribution in [2.75, 3.05) is 0 Å². The number of rotatable bonds is 4. The summed E-state index contributed by atoms with van der Waals surface area (Å²) in [6.07, 6.45) is 2.71. The van der Waals surface area contributed by atoms with E-state index in [1.165, 1.54) is 12.8 Å². The highest BCUT2D eigenvalue weighted by Gasteiger charge is 2.63. The summed E-state index contributed by atoms with van der Waals surface area (Å²) in [5.74, 6) is 2.68. The van der Waals surface area contributed by atoms with E-state index in [1.807, 2.05) is 0 Å². The van der Waals surface area contributed by atoms with Gasteiger partial charge in [-0.2, -0.15) is 0 Å². The van der Waals surface area contributed by atoms with Gasteiger partial charge in [-0.1, -0.05) is 54.9 Å². The zero-order chi connectivity index (χ0) is 11.1. The van der Waals surface area contributed by atoms with Crippen LogP contribution in [0.5, 0.6) is 0 Å². The molecule has 0 radical (unpaired) electrons. The van der Waals surface area contributed by atoms with E-state index in [0.29, 0.717) is 10.8 Å². The van der Waals surface area contributed by atoms with Gasteiger partial charge in [-0.15, -0.1) is 0 Å². The van der Waals surface area contributed by atoms with Crippen LogP contribution in [-0.2, 0) is 0 Å². The third kappa shape index (κ3) is 1.51. The molecular formula is C14H28. The van der Waals surface area contributed by atoms with Crippen LogP contribution in [0.1, 0.15) is 61.3 Å². The van der Waals surface area contributed by atoms with Gasteiger partial charge in [-0.05, 0) is 35.0 Å². The fraction of sp³-hybridized carbons (Fsp3) is 1.00. The van der Waals surface area contributed by atoms with Crippen LogP contribution in [0.25, 0.3) is 0 Å². The van der Waals surface area contributed by atoms with Crippen molar-refractivity contribution >= 4 is 0 Å². The molecule has 3 atom stereocenters. The van der Waals surface area contributed by atoms with E-state index in [2.05, 4.69) is 48.5 Å². The molecule has 0 aliphatic heterocycles. The van der Waals surface area contributed by atoms with Crippen LogP contribution in [0.2, 0.25) is 0 Å². The van der Waals surface area contributed by atoms with Crippen molar-refractivity contribution in [3.05, 3.63) is 0 Å². The lowest BCUT2D eigenvalue weighted by atomic mass is 9.66. The van der Waals surface area contributed by atoms with Crippen molar-refractivity contribution in [2.24, 2.45) is 28.6 Å². The summed E-state index contributed by atoms with van der Waals surface area (Å²) in [4.78, 5) is 0. The predicted octanol–water partition coefficient (Wildman–Crippen LogP) is 4.74. The molecule has 0 heterocycles. The lowest BCUT2D eigenvalue weighted by molar-refractivity contribution is 0.110. The summed E-state index contributed by atoms with van der Waals surface area (Å²) in [6.45, 7) is 17.0. The van der Waals surface area contributed by atoms with Gasteiger partial charge in [0.1, 0.15) is 0 Å². The van der Waals surface area contributed by atoms with E-state index >= 15 is 0 Å². The van der Waals surface area contributed by atoms with E-state index in [1.54, 1.807) is 0 Å². The van der Waals surface area contributed by atoms with Gasteiger partial charge in [0.15, 0.2) is 0 Å². The Morgan fingerprint density at radius 3 is 1.86 bits per heavy atom. The molecule has 1 aliphatic carbocycles. The lowest BCUT2D eigenvalue weighted by Gasteiger charge is -2.38. The molecule has 1 fully saturated rings. The van der Waals surface area contributed by atoms with Crippen LogP contribution in [0.4, 0.5) is 0 Å². The second-order valence-corrected chi connectivity index (χ2v) is 6.37. The Hall–Kier alpha value is 0. The van der Waals surface area contributed by atoms with Gasteiger partial charge in [-0.3, -0.25) is 0 Å². The van der Waals surface area contributed by atoms with Crippen molar-refractivity contribution in [1.82, 2.24) is 0 Å². The maximum atomic E-state index is 2.51. The van der Waals surface area contributed by atoms with E-state index < -0.39 is 0 Å². The summed E-state index contributed by atoms with van der Waals surface area (Å²) in [5.41, 5.74) is 1.16. The topological polar surface area (TPSA) is 0 Å². The predicted molar refractivity (Wildman–Crippen MR) is 64.3 cm³/mol. The minimum atomic E-state index is 0.556. The largest absolute Gasteiger partial charge is 0.0648 e. The van der Waals surface area contributed by atoms with Crippen molar-refractivity contribution in [2.45, 2.75) is 61.3 Å². The molecule has 84 valence electrons. The van der Waals surface area contributed by atoms with E-state index in [-0.39, 0.29) is 0 Å². The lowest BCUT2D eigenvalue weighted by Crippen LogP contribution is -2.30. The molecule has 0 saturated heterocycles. The van der Waals surface area contributed by atoms with Crippen LogP contribution in [0, 0.1) is 28.6 Å². The fourth-order valence-corrected chi connectivity index (χ4v) is 3.73. The Balaban J connectivity index is 2.81. The first-order valence-electron chi connectivity index (χ1n) is 6.29. The van der Waals surface area contributed by atoms with Crippen LogP contribution in [0.15, 0.2) is 0 Å². The maximum Gasteiger partial charge on any atom is -0.0215 e. The Labute approximate surface area is 90.5 Å². The van der Waals surface area contributed by atoms with Gasteiger partial charge in [0.05, 0.1) is 0 Å². The highest BCUT2D eigenvalue weighted by atomic mass is 14.7. The molecule has 0 aromatic carbocycles. The first-order chi connectivity index (χ1) is 6.29. The zero-order valence-corrected chi connectivity index (χ0v) is 11.1. The van der Waals surface area contributed by atoms with Crippen LogP contribution < -0.4 is 0 Å². The summed E-state index contributed by atoms with van der Waals surface area (Å²) < 4.78 is 0. The number of hydrogen-bond acceptors (Lipinski definition) is 0. The molecule has 1 aliphatic rings. The Kier molecular flexibility index (Phi) is 3.05. The summed E-state index contributed by atoms with van der Waals surface area (Å²) >= 11 is 0. The monoisotopic (exact) mass is 196 g/mol. The van der Waals surface area contributed by atoms with Crippen molar-refractivity contribution in [3.63, 3.8) is 0 Å².